The normalized spacial score (nSPS) is 15.7. The third-order valence-electron chi connectivity index (χ3n) is 2.73. The maximum absolute atomic E-state index is 12.0. The van der Waals surface area contributed by atoms with Crippen LogP contribution in [-0.2, 0) is 14.3 Å². The standard InChI is InChI=1S/C16H17NO4S2/c1-3-20-14(18)10-21-13-8-6-5-7-11(13)9-12-15(19)23-16(17-12)22-4-2/h5-9H,3-4,10H2,1-2H3/b12-9+. The number of hydrogen-bond donors (Lipinski definition) is 0. The van der Waals surface area contributed by atoms with Crippen molar-refractivity contribution in [2.24, 2.45) is 4.99 Å². The molecule has 7 heteroatoms. The van der Waals surface area contributed by atoms with Crippen molar-refractivity contribution in [1.82, 2.24) is 0 Å². The van der Waals surface area contributed by atoms with Crippen molar-refractivity contribution < 1.29 is 19.1 Å². The van der Waals surface area contributed by atoms with Crippen LogP contribution in [0.2, 0.25) is 0 Å². The van der Waals surface area contributed by atoms with Gasteiger partial charge in [0.1, 0.15) is 15.8 Å². The number of para-hydroxylation sites is 1. The largest absolute Gasteiger partial charge is 0.481 e. The molecule has 0 fully saturated rings. The average Bonchev–Trinajstić information content (AvgIpc) is 2.87. The highest BCUT2D eigenvalue weighted by Crippen LogP contribution is 2.32. The monoisotopic (exact) mass is 351 g/mol. The summed E-state index contributed by atoms with van der Waals surface area (Å²) in [5, 5.41) is -0.0823. The van der Waals surface area contributed by atoms with E-state index in [1.165, 1.54) is 11.8 Å². The molecule has 0 aromatic heterocycles. The fourth-order valence-electron chi connectivity index (χ4n) is 1.79. The van der Waals surface area contributed by atoms with E-state index >= 15 is 0 Å². The predicted molar refractivity (Wildman–Crippen MR) is 94.7 cm³/mol. The van der Waals surface area contributed by atoms with Crippen molar-refractivity contribution in [2.75, 3.05) is 19.0 Å². The van der Waals surface area contributed by atoms with Crippen molar-refractivity contribution in [1.29, 1.82) is 0 Å². The molecule has 1 aliphatic heterocycles. The Bertz CT molecular complexity index is 655. The van der Waals surface area contributed by atoms with Gasteiger partial charge in [0.2, 0.25) is 5.12 Å². The van der Waals surface area contributed by atoms with Crippen molar-refractivity contribution in [3.8, 4) is 5.75 Å². The molecule has 0 atom stereocenters. The molecule has 0 bridgehead atoms. The first kappa shape index (κ1) is 17.6. The van der Waals surface area contributed by atoms with Crippen molar-refractivity contribution in [3.63, 3.8) is 0 Å². The molecule has 0 amide bonds. The molecule has 0 saturated carbocycles. The SMILES string of the molecule is CCOC(=O)COc1ccccc1/C=C1/N=C(SCC)SC1=O. The van der Waals surface area contributed by atoms with Crippen LogP contribution in [0.4, 0.5) is 0 Å². The number of rotatable bonds is 6. The lowest BCUT2D eigenvalue weighted by atomic mass is 10.1. The van der Waals surface area contributed by atoms with Crippen LogP contribution in [0, 0.1) is 0 Å². The Labute approximate surface area is 143 Å². The predicted octanol–water partition coefficient (Wildman–Crippen LogP) is 3.35. The van der Waals surface area contributed by atoms with Gasteiger partial charge in [-0.25, -0.2) is 9.79 Å². The van der Waals surface area contributed by atoms with Crippen LogP contribution in [-0.4, -0.2) is 34.4 Å². The number of nitrogens with zero attached hydrogens (tertiary/aromatic N) is 1. The van der Waals surface area contributed by atoms with Gasteiger partial charge in [0, 0.05) is 5.56 Å². The molecule has 0 aliphatic carbocycles. The number of aliphatic imine (C=N–C) groups is 1. The summed E-state index contributed by atoms with van der Waals surface area (Å²) in [6.07, 6.45) is 1.68. The highest BCUT2D eigenvalue weighted by atomic mass is 32.2. The molecule has 2 rings (SSSR count). The molecule has 5 nitrogen and oxygen atoms in total. The van der Waals surface area contributed by atoms with E-state index in [2.05, 4.69) is 4.99 Å². The third kappa shape index (κ3) is 5.14. The Balaban J connectivity index is 2.15. The average molecular weight is 351 g/mol. The van der Waals surface area contributed by atoms with Crippen LogP contribution in [0.25, 0.3) is 6.08 Å². The number of hydrogen-bond acceptors (Lipinski definition) is 7. The summed E-state index contributed by atoms with van der Waals surface area (Å²) in [6.45, 7) is 3.89. The Morgan fingerprint density at radius 1 is 1.35 bits per heavy atom. The Morgan fingerprint density at radius 2 is 2.13 bits per heavy atom. The molecule has 1 aromatic carbocycles. The van der Waals surface area contributed by atoms with Crippen LogP contribution in [0.1, 0.15) is 19.4 Å². The summed E-state index contributed by atoms with van der Waals surface area (Å²) >= 11 is 2.68. The fraction of sp³-hybridized carbons (Fsp3) is 0.312. The zero-order chi connectivity index (χ0) is 16.7. The lowest BCUT2D eigenvalue weighted by Crippen LogP contribution is -2.14. The van der Waals surface area contributed by atoms with Crippen LogP contribution >= 0.6 is 23.5 Å². The Hall–Kier alpha value is -1.73. The molecule has 0 unspecified atom stereocenters. The molecule has 23 heavy (non-hydrogen) atoms. The second-order valence-corrected chi connectivity index (χ2v) is 6.83. The van der Waals surface area contributed by atoms with Gasteiger partial charge in [-0.3, -0.25) is 4.79 Å². The molecule has 0 radical (unpaired) electrons. The summed E-state index contributed by atoms with van der Waals surface area (Å²) in [5.41, 5.74) is 1.09. The highest BCUT2D eigenvalue weighted by Gasteiger charge is 2.22. The second-order valence-electron chi connectivity index (χ2n) is 4.36. The van der Waals surface area contributed by atoms with E-state index in [9.17, 15) is 9.59 Å². The van der Waals surface area contributed by atoms with Crippen LogP contribution in [0.5, 0.6) is 5.75 Å². The zero-order valence-corrected chi connectivity index (χ0v) is 14.5. The van der Waals surface area contributed by atoms with Crippen LogP contribution in [0.3, 0.4) is 0 Å². The van der Waals surface area contributed by atoms with Gasteiger partial charge < -0.3 is 9.47 Å². The summed E-state index contributed by atoms with van der Waals surface area (Å²) < 4.78 is 11.1. The molecule has 0 N–H and O–H groups in total. The van der Waals surface area contributed by atoms with E-state index in [1.807, 2.05) is 19.1 Å². The number of ether oxygens (including phenoxy) is 2. The summed E-state index contributed by atoms with van der Waals surface area (Å²) in [6, 6.07) is 7.19. The van der Waals surface area contributed by atoms with Crippen molar-refractivity contribution in [2.45, 2.75) is 13.8 Å². The molecular formula is C16H17NO4S2. The summed E-state index contributed by atoms with van der Waals surface area (Å²) in [7, 11) is 0. The smallest absolute Gasteiger partial charge is 0.344 e. The Kier molecular flexibility index (Phi) is 6.73. The quantitative estimate of drug-likeness (QED) is 0.578. The van der Waals surface area contributed by atoms with E-state index < -0.39 is 5.97 Å². The van der Waals surface area contributed by atoms with E-state index in [0.717, 1.165) is 21.9 Å². The van der Waals surface area contributed by atoms with Gasteiger partial charge >= 0.3 is 5.97 Å². The van der Waals surface area contributed by atoms with E-state index in [1.54, 1.807) is 25.1 Å². The number of benzene rings is 1. The number of carbonyl (C=O) groups is 2. The van der Waals surface area contributed by atoms with E-state index in [0.29, 0.717) is 23.6 Å². The lowest BCUT2D eigenvalue weighted by Gasteiger charge is -2.08. The maximum Gasteiger partial charge on any atom is 0.344 e. The fourth-order valence-corrected chi connectivity index (χ4v) is 3.53. The van der Waals surface area contributed by atoms with Gasteiger partial charge in [-0.2, -0.15) is 0 Å². The minimum absolute atomic E-state index is 0.0823. The van der Waals surface area contributed by atoms with Gasteiger partial charge in [0.15, 0.2) is 6.61 Å². The number of carbonyl (C=O) groups excluding carboxylic acids is 2. The zero-order valence-electron chi connectivity index (χ0n) is 12.9. The van der Waals surface area contributed by atoms with Gasteiger partial charge in [-0.1, -0.05) is 36.9 Å². The van der Waals surface area contributed by atoms with E-state index in [-0.39, 0.29) is 11.7 Å². The van der Waals surface area contributed by atoms with Gasteiger partial charge in [-0.05, 0) is 36.6 Å². The third-order valence-corrected chi connectivity index (χ3v) is 4.62. The topological polar surface area (TPSA) is 65.0 Å². The van der Waals surface area contributed by atoms with Crippen molar-refractivity contribution >= 4 is 45.1 Å². The molecule has 122 valence electrons. The van der Waals surface area contributed by atoms with Gasteiger partial charge in [-0.15, -0.1) is 0 Å². The van der Waals surface area contributed by atoms with Crippen molar-refractivity contribution in [3.05, 3.63) is 35.5 Å². The first-order valence-electron chi connectivity index (χ1n) is 7.16. The van der Waals surface area contributed by atoms with Gasteiger partial charge in [0.05, 0.1) is 6.61 Å². The molecule has 0 saturated heterocycles. The number of thioether (sulfide) groups is 2. The minimum Gasteiger partial charge on any atom is -0.481 e. The van der Waals surface area contributed by atoms with Crippen LogP contribution < -0.4 is 4.74 Å². The summed E-state index contributed by atoms with van der Waals surface area (Å²) in [5.74, 6) is 0.950. The molecule has 1 aliphatic rings. The molecular weight excluding hydrogens is 334 g/mol. The van der Waals surface area contributed by atoms with E-state index in [4.69, 9.17) is 9.47 Å². The second kappa shape index (κ2) is 8.79. The Morgan fingerprint density at radius 3 is 2.87 bits per heavy atom. The number of esters is 1. The molecule has 0 spiro atoms. The lowest BCUT2D eigenvalue weighted by molar-refractivity contribution is -0.145. The highest BCUT2D eigenvalue weighted by molar-refractivity contribution is 8.45. The van der Waals surface area contributed by atoms with Gasteiger partial charge in [0.25, 0.3) is 0 Å². The maximum atomic E-state index is 12.0. The summed E-state index contributed by atoms with van der Waals surface area (Å²) in [4.78, 5) is 27.7. The molecule has 1 aromatic rings. The first-order valence-corrected chi connectivity index (χ1v) is 8.97. The van der Waals surface area contributed by atoms with Crippen LogP contribution in [0.15, 0.2) is 35.0 Å². The molecule has 1 heterocycles. The minimum atomic E-state index is -0.429. The first-order chi connectivity index (χ1) is 11.1.